The number of benzene rings is 1. The minimum absolute atomic E-state index is 0.0310. The van der Waals surface area contributed by atoms with Crippen LogP contribution >= 0.6 is 11.8 Å². The third-order valence-corrected chi connectivity index (χ3v) is 5.97. The number of carbonyl (C=O) groups is 1. The number of nitrogens with zero attached hydrogens (tertiary/aromatic N) is 3. The van der Waals surface area contributed by atoms with E-state index in [2.05, 4.69) is 20.4 Å². The van der Waals surface area contributed by atoms with Crippen molar-refractivity contribution in [2.24, 2.45) is 0 Å². The SMILES string of the molecule is O=C(CSc1n[nH]c(=O)n1C[C@H]1CCCO1)Nc1ccc(N2CCOCC2)cc1. The number of nitrogens with one attached hydrogen (secondary N) is 2. The van der Waals surface area contributed by atoms with Crippen LogP contribution in [0.25, 0.3) is 0 Å². The van der Waals surface area contributed by atoms with E-state index in [1.807, 2.05) is 24.3 Å². The molecule has 2 aromatic rings. The molecule has 3 heterocycles. The lowest BCUT2D eigenvalue weighted by atomic mass is 10.2. The van der Waals surface area contributed by atoms with E-state index in [1.54, 1.807) is 4.57 Å². The summed E-state index contributed by atoms with van der Waals surface area (Å²) in [6.45, 7) is 4.41. The number of thioether (sulfide) groups is 1. The molecule has 2 saturated heterocycles. The molecule has 4 rings (SSSR count). The van der Waals surface area contributed by atoms with Gasteiger partial charge >= 0.3 is 5.69 Å². The molecule has 2 fully saturated rings. The Balaban J connectivity index is 1.29. The van der Waals surface area contributed by atoms with E-state index in [-0.39, 0.29) is 23.5 Å². The van der Waals surface area contributed by atoms with Crippen molar-refractivity contribution in [2.45, 2.75) is 30.6 Å². The minimum atomic E-state index is -0.276. The van der Waals surface area contributed by atoms with Crippen molar-refractivity contribution in [2.75, 3.05) is 48.9 Å². The number of H-pyrrole nitrogens is 1. The smallest absolute Gasteiger partial charge is 0.344 e. The molecule has 156 valence electrons. The molecule has 0 unspecified atom stereocenters. The first-order valence-corrected chi connectivity index (χ1v) is 10.8. The topological polar surface area (TPSA) is 101 Å². The van der Waals surface area contributed by atoms with Crippen LogP contribution in [0.1, 0.15) is 12.8 Å². The van der Waals surface area contributed by atoms with Gasteiger partial charge in [0.15, 0.2) is 5.16 Å². The Morgan fingerprint density at radius 2 is 2.03 bits per heavy atom. The highest BCUT2D eigenvalue weighted by molar-refractivity contribution is 7.99. The summed E-state index contributed by atoms with van der Waals surface area (Å²) in [5.74, 6) is 0.0225. The number of hydrogen-bond donors (Lipinski definition) is 2. The molecule has 9 nitrogen and oxygen atoms in total. The van der Waals surface area contributed by atoms with Crippen molar-refractivity contribution in [3.63, 3.8) is 0 Å². The maximum atomic E-state index is 12.3. The van der Waals surface area contributed by atoms with Gasteiger partial charge in [-0.15, -0.1) is 5.10 Å². The highest BCUT2D eigenvalue weighted by Crippen LogP contribution is 2.21. The Morgan fingerprint density at radius 1 is 1.24 bits per heavy atom. The minimum Gasteiger partial charge on any atom is -0.378 e. The van der Waals surface area contributed by atoms with Crippen molar-refractivity contribution < 1.29 is 14.3 Å². The second kappa shape index (κ2) is 9.47. The molecular weight excluding hydrogens is 394 g/mol. The highest BCUT2D eigenvalue weighted by Gasteiger charge is 2.20. The van der Waals surface area contributed by atoms with Gasteiger partial charge in [0.05, 0.1) is 31.6 Å². The Hall–Kier alpha value is -2.30. The Bertz CT molecular complexity index is 869. The van der Waals surface area contributed by atoms with E-state index in [0.717, 1.165) is 57.1 Å². The monoisotopic (exact) mass is 419 g/mol. The third kappa shape index (κ3) is 5.20. The quantitative estimate of drug-likeness (QED) is 0.653. The second-order valence-electron chi connectivity index (χ2n) is 7.04. The van der Waals surface area contributed by atoms with Crippen LogP contribution in [0.15, 0.2) is 34.2 Å². The van der Waals surface area contributed by atoms with Crippen LogP contribution < -0.4 is 15.9 Å². The molecule has 2 N–H and O–H groups in total. The third-order valence-electron chi connectivity index (χ3n) is 4.99. The molecule has 2 aliphatic heterocycles. The normalized spacial score (nSPS) is 19.4. The largest absolute Gasteiger partial charge is 0.378 e. The number of aromatic amines is 1. The summed E-state index contributed by atoms with van der Waals surface area (Å²) in [4.78, 5) is 26.6. The van der Waals surface area contributed by atoms with Crippen molar-refractivity contribution in [1.82, 2.24) is 14.8 Å². The van der Waals surface area contributed by atoms with E-state index < -0.39 is 0 Å². The zero-order valence-corrected chi connectivity index (χ0v) is 17.0. The van der Waals surface area contributed by atoms with Crippen LogP contribution in [0.3, 0.4) is 0 Å². The van der Waals surface area contributed by atoms with E-state index in [0.29, 0.717) is 11.7 Å². The molecule has 0 spiro atoms. The Labute approximate surface area is 172 Å². The Kier molecular flexibility index (Phi) is 6.53. The van der Waals surface area contributed by atoms with E-state index in [4.69, 9.17) is 9.47 Å². The first kappa shape index (κ1) is 20.0. The maximum absolute atomic E-state index is 12.3. The molecule has 29 heavy (non-hydrogen) atoms. The molecular formula is C19H25N5O4S. The summed E-state index contributed by atoms with van der Waals surface area (Å²) in [7, 11) is 0. The van der Waals surface area contributed by atoms with Crippen LogP contribution in [-0.4, -0.2) is 65.4 Å². The molecule has 0 bridgehead atoms. The molecule has 0 aliphatic carbocycles. The number of rotatable bonds is 7. The van der Waals surface area contributed by atoms with Gasteiger partial charge in [0.1, 0.15) is 0 Å². The first-order valence-electron chi connectivity index (χ1n) is 9.81. The van der Waals surface area contributed by atoms with Gasteiger partial charge in [-0.3, -0.25) is 9.36 Å². The average molecular weight is 420 g/mol. The first-order chi connectivity index (χ1) is 14.2. The van der Waals surface area contributed by atoms with Gasteiger partial charge in [-0.25, -0.2) is 9.89 Å². The maximum Gasteiger partial charge on any atom is 0.344 e. The summed E-state index contributed by atoms with van der Waals surface area (Å²) in [5.41, 5.74) is 1.59. The van der Waals surface area contributed by atoms with Crippen LogP contribution in [0.2, 0.25) is 0 Å². The van der Waals surface area contributed by atoms with Crippen molar-refractivity contribution in [3.8, 4) is 0 Å². The van der Waals surface area contributed by atoms with Crippen LogP contribution in [0, 0.1) is 0 Å². The van der Waals surface area contributed by atoms with Crippen molar-refractivity contribution in [1.29, 1.82) is 0 Å². The number of aromatic nitrogens is 3. The molecule has 1 aromatic carbocycles. The molecule has 0 radical (unpaired) electrons. The summed E-state index contributed by atoms with van der Waals surface area (Å²) < 4.78 is 12.5. The standard InChI is InChI=1S/C19H25N5O4S/c25-17(20-14-3-5-15(6-4-14)23-7-10-27-11-8-23)13-29-19-22-21-18(26)24(19)12-16-2-1-9-28-16/h3-6,16H,1-2,7-13H2,(H,20,25)(H,21,26)/t16-/m1/s1. The predicted molar refractivity (Wildman–Crippen MR) is 111 cm³/mol. The van der Waals surface area contributed by atoms with Gasteiger partial charge in [-0.05, 0) is 37.1 Å². The van der Waals surface area contributed by atoms with Crippen molar-refractivity contribution in [3.05, 3.63) is 34.7 Å². The summed E-state index contributed by atoms with van der Waals surface area (Å²) in [6, 6.07) is 7.80. The molecule has 0 saturated carbocycles. The van der Waals surface area contributed by atoms with Crippen LogP contribution in [0.4, 0.5) is 11.4 Å². The highest BCUT2D eigenvalue weighted by atomic mass is 32.2. The van der Waals surface area contributed by atoms with E-state index in [9.17, 15) is 9.59 Å². The predicted octanol–water partition coefficient (Wildman–Crippen LogP) is 1.32. The molecule has 1 amide bonds. The van der Waals surface area contributed by atoms with Gasteiger partial charge < -0.3 is 19.7 Å². The van der Waals surface area contributed by atoms with Crippen LogP contribution in [0.5, 0.6) is 0 Å². The zero-order chi connectivity index (χ0) is 20.1. The lowest BCUT2D eigenvalue weighted by molar-refractivity contribution is -0.113. The number of morpholine rings is 1. The van der Waals surface area contributed by atoms with Gasteiger partial charge in [-0.2, -0.15) is 0 Å². The zero-order valence-electron chi connectivity index (χ0n) is 16.1. The van der Waals surface area contributed by atoms with E-state index >= 15 is 0 Å². The number of ether oxygens (including phenoxy) is 2. The van der Waals surface area contributed by atoms with Gasteiger partial charge in [0.25, 0.3) is 0 Å². The van der Waals surface area contributed by atoms with Crippen molar-refractivity contribution >= 4 is 29.0 Å². The number of amides is 1. The molecule has 10 heteroatoms. The lowest BCUT2D eigenvalue weighted by Gasteiger charge is -2.28. The van der Waals surface area contributed by atoms with Gasteiger partial charge in [0.2, 0.25) is 5.91 Å². The number of carbonyl (C=O) groups excluding carboxylic acids is 1. The van der Waals surface area contributed by atoms with Crippen LogP contribution in [-0.2, 0) is 20.8 Å². The lowest BCUT2D eigenvalue weighted by Crippen LogP contribution is -2.36. The fourth-order valence-corrected chi connectivity index (χ4v) is 4.23. The van der Waals surface area contributed by atoms with Gasteiger partial charge in [-0.1, -0.05) is 11.8 Å². The summed E-state index contributed by atoms with van der Waals surface area (Å²) in [5, 5.41) is 9.89. The molecule has 1 aromatic heterocycles. The fraction of sp³-hybridized carbons (Fsp3) is 0.526. The molecule has 2 aliphatic rings. The average Bonchev–Trinajstić information content (AvgIpc) is 3.39. The summed E-state index contributed by atoms with van der Waals surface area (Å²) in [6.07, 6.45) is 1.97. The molecule has 1 atom stereocenters. The second-order valence-corrected chi connectivity index (χ2v) is 7.98. The number of hydrogen-bond acceptors (Lipinski definition) is 7. The summed E-state index contributed by atoms with van der Waals surface area (Å²) >= 11 is 1.24. The Morgan fingerprint density at radius 3 is 2.76 bits per heavy atom. The van der Waals surface area contributed by atoms with Gasteiger partial charge in [0, 0.05) is 31.1 Å². The fourth-order valence-electron chi connectivity index (χ4n) is 3.47. The number of anilines is 2. The van der Waals surface area contributed by atoms with E-state index in [1.165, 1.54) is 11.8 Å².